The van der Waals surface area contributed by atoms with Gasteiger partial charge in [0, 0.05) is 44.0 Å². The van der Waals surface area contributed by atoms with Crippen molar-refractivity contribution in [3.05, 3.63) is 51.6 Å². The second-order valence-corrected chi connectivity index (χ2v) is 8.46. The molecular formula is C23H26N2O6. The zero-order chi connectivity index (χ0) is 22.8. The Balaban J connectivity index is 2.18. The summed E-state index contributed by atoms with van der Waals surface area (Å²) < 4.78 is 18.7. The van der Waals surface area contributed by atoms with Gasteiger partial charge in [0.2, 0.25) is 5.69 Å². The molecule has 0 spiro atoms. The van der Waals surface area contributed by atoms with Gasteiger partial charge < -0.3 is 23.9 Å². The van der Waals surface area contributed by atoms with E-state index in [4.69, 9.17) is 20.8 Å². The van der Waals surface area contributed by atoms with Crippen LogP contribution in [-0.2, 0) is 4.74 Å². The molecule has 0 bridgehead atoms. The van der Waals surface area contributed by atoms with Gasteiger partial charge in [0.15, 0.2) is 5.43 Å². The summed E-state index contributed by atoms with van der Waals surface area (Å²) in [4.78, 5) is 27.7. The highest BCUT2D eigenvalue weighted by Gasteiger charge is 2.33. The highest BCUT2D eigenvalue weighted by molar-refractivity contribution is 5.88. The molecule has 3 rings (SSSR count). The third-order valence-corrected chi connectivity index (χ3v) is 5.25. The van der Waals surface area contributed by atoms with Gasteiger partial charge in [0.25, 0.3) is 0 Å². The number of ether oxygens (including phenoxy) is 3. The van der Waals surface area contributed by atoms with E-state index in [1.807, 2.05) is 20.8 Å². The highest BCUT2D eigenvalue weighted by atomic mass is 16.5. The van der Waals surface area contributed by atoms with Gasteiger partial charge in [-0.2, -0.15) is 0 Å². The molecule has 1 atom stereocenters. The van der Waals surface area contributed by atoms with Crippen LogP contribution in [-0.4, -0.2) is 42.6 Å². The zero-order valence-corrected chi connectivity index (χ0v) is 18.1. The summed E-state index contributed by atoms with van der Waals surface area (Å²) in [5.41, 5.74) is 0.169. The third-order valence-electron chi connectivity index (χ3n) is 5.25. The first-order chi connectivity index (χ1) is 14.7. The minimum atomic E-state index is -1.28. The lowest BCUT2D eigenvalue weighted by molar-refractivity contribution is 0.0693. The quantitative estimate of drug-likeness (QED) is 0.551. The SMILES string of the molecule is [C-]#[N+]c1cc2c(cc1OCCCOC)OC[C@@H](C(C)(C)C)n1cc(C(=O)O)c(=O)cc1-2. The minimum Gasteiger partial charge on any atom is -0.504 e. The van der Waals surface area contributed by atoms with Crippen molar-refractivity contribution in [3.8, 4) is 22.8 Å². The lowest BCUT2D eigenvalue weighted by Gasteiger charge is -2.32. The Bertz CT molecular complexity index is 1090. The number of carbonyl (C=O) groups is 1. The maximum Gasteiger partial charge on any atom is 0.341 e. The molecule has 31 heavy (non-hydrogen) atoms. The largest absolute Gasteiger partial charge is 0.504 e. The Hall–Kier alpha value is -3.31. The molecule has 1 aliphatic rings. The third kappa shape index (κ3) is 4.57. The normalized spacial score (nSPS) is 15.1. The molecule has 2 aromatic rings. The molecule has 0 radical (unpaired) electrons. The standard InChI is InChI=1S/C23H26N2O6/c1-23(2,3)21-13-31-19-11-20(30-8-6-7-29-5)16(24-4)9-14(19)17-10-18(26)15(22(27)28)12-25(17)21/h9-12,21H,6-8,13H2,1-3,5H3,(H,27,28)/t21-/m0/s1. The lowest BCUT2D eigenvalue weighted by atomic mass is 9.86. The Morgan fingerprint density at radius 2 is 2.06 bits per heavy atom. The van der Waals surface area contributed by atoms with Crippen molar-refractivity contribution in [2.24, 2.45) is 5.41 Å². The van der Waals surface area contributed by atoms with E-state index in [2.05, 4.69) is 4.85 Å². The zero-order valence-electron chi connectivity index (χ0n) is 18.1. The summed E-state index contributed by atoms with van der Waals surface area (Å²) in [6, 6.07) is 4.37. The van der Waals surface area contributed by atoms with Gasteiger partial charge in [-0.3, -0.25) is 4.79 Å². The van der Waals surface area contributed by atoms with Gasteiger partial charge >= 0.3 is 5.97 Å². The summed E-state index contributed by atoms with van der Waals surface area (Å²) in [5, 5.41) is 9.45. The number of aromatic nitrogens is 1. The van der Waals surface area contributed by atoms with E-state index in [-0.39, 0.29) is 29.3 Å². The number of aromatic carboxylic acids is 1. The van der Waals surface area contributed by atoms with Crippen LogP contribution in [0.25, 0.3) is 16.1 Å². The molecule has 0 aliphatic carbocycles. The molecule has 0 unspecified atom stereocenters. The number of fused-ring (bicyclic) bond motifs is 3. The van der Waals surface area contributed by atoms with Crippen LogP contribution in [0.15, 0.2) is 29.2 Å². The molecule has 0 amide bonds. The van der Waals surface area contributed by atoms with Gasteiger partial charge in [-0.05, 0) is 11.5 Å². The van der Waals surface area contributed by atoms with E-state index in [0.717, 1.165) is 0 Å². The predicted octanol–water partition coefficient (Wildman–Crippen LogP) is 4.16. The van der Waals surface area contributed by atoms with Gasteiger partial charge in [0.05, 0.1) is 24.9 Å². The van der Waals surface area contributed by atoms with Gasteiger partial charge in [0.1, 0.15) is 23.7 Å². The first kappa shape index (κ1) is 22.4. The Morgan fingerprint density at radius 3 is 2.68 bits per heavy atom. The second-order valence-electron chi connectivity index (χ2n) is 8.46. The maximum atomic E-state index is 12.5. The molecule has 8 heteroatoms. The van der Waals surface area contributed by atoms with Crippen molar-refractivity contribution in [2.75, 3.05) is 26.9 Å². The van der Waals surface area contributed by atoms with Gasteiger partial charge in [-0.1, -0.05) is 20.8 Å². The van der Waals surface area contributed by atoms with Crippen LogP contribution in [0.2, 0.25) is 0 Å². The van der Waals surface area contributed by atoms with Gasteiger partial charge in [-0.15, -0.1) is 0 Å². The summed E-state index contributed by atoms with van der Waals surface area (Å²) in [5.74, 6) is -0.396. The first-order valence-electron chi connectivity index (χ1n) is 9.97. The predicted molar refractivity (Wildman–Crippen MR) is 115 cm³/mol. The fourth-order valence-corrected chi connectivity index (χ4v) is 3.56. The fourth-order valence-electron chi connectivity index (χ4n) is 3.56. The maximum absolute atomic E-state index is 12.5. The number of rotatable bonds is 6. The van der Waals surface area contributed by atoms with E-state index in [0.29, 0.717) is 42.4 Å². The molecule has 0 saturated heterocycles. The summed E-state index contributed by atoms with van der Waals surface area (Å²) >= 11 is 0. The molecule has 1 aromatic heterocycles. The van der Waals surface area contributed by atoms with Crippen LogP contribution >= 0.6 is 0 Å². The van der Waals surface area contributed by atoms with Crippen molar-refractivity contribution < 1.29 is 24.1 Å². The van der Waals surface area contributed by atoms with Crippen molar-refractivity contribution in [1.82, 2.24) is 4.57 Å². The number of hydrogen-bond acceptors (Lipinski definition) is 5. The number of pyridine rings is 1. The van der Waals surface area contributed by atoms with E-state index in [9.17, 15) is 14.7 Å². The Morgan fingerprint density at radius 1 is 1.32 bits per heavy atom. The molecule has 0 fully saturated rings. The number of carboxylic acids is 1. The van der Waals surface area contributed by atoms with Crippen molar-refractivity contribution >= 4 is 11.7 Å². The van der Waals surface area contributed by atoms with Gasteiger partial charge in [-0.25, -0.2) is 9.64 Å². The Kier molecular flexibility index (Phi) is 6.37. The summed E-state index contributed by atoms with van der Waals surface area (Å²) in [6.45, 7) is 14.8. The number of benzene rings is 1. The first-order valence-corrected chi connectivity index (χ1v) is 9.97. The minimum absolute atomic E-state index is 0.240. The number of nitrogens with zero attached hydrogens (tertiary/aromatic N) is 2. The van der Waals surface area contributed by atoms with E-state index in [1.165, 1.54) is 12.3 Å². The molecular weight excluding hydrogens is 400 g/mol. The topological polar surface area (TPSA) is 91.3 Å². The molecule has 1 aliphatic heterocycles. The average molecular weight is 426 g/mol. The van der Waals surface area contributed by atoms with E-state index < -0.39 is 11.4 Å². The summed E-state index contributed by atoms with van der Waals surface area (Å²) in [6.07, 6.45) is 2.05. The van der Waals surface area contributed by atoms with Crippen LogP contribution in [0, 0.1) is 12.0 Å². The molecule has 8 nitrogen and oxygen atoms in total. The molecule has 1 N–H and O–H groups in total. The van der Waals surface area contributed by atoms with Crippen molar-refractivity contribution in [1.29, 1.82) is 0 Å². The monoisotopic (exact) mass is 426 g/mol. The van der Waals surface area contributed by atoms with Crippen LogP contribution in [0.5, 0.6) is 11.5 Å². The van der Waals surface area contributed by atoms with Crippen LogP contribution in [0.4, 0.5) is 5.69 Å². The second kappa shape index (κ2) is 8.82. The molecule has 164 valence electrons. The fraction of sp³-hybridized carbons (Fsp3) is 0.435. The highest BCUT2D eigenvalue weighted by Crippen LogP contribution is 2.45. The van der Waals surface area contributed by atoms with Crippen LogP contribution in [0.3, 0.4) is 0 Å². The smallest absolute Gasteiger partial charge is 0.341 e. The van der Waals surface area contributed by atoms with E-state index >= 15 is 0 Å². The van der Waals surface area contributed by atoms with Crippen LogP contribution < -0.4 is 14.9 Å². The lowest BCUT2D eigenvalue weighted by Crippen LogP contribution is -2.31. The summed E-state index contributed by atoms with van der Waals surface area (Å²) in [7, 11) is 1.61. The van der Waals surface area contributed by atoms with Crippen molar-refractivity contribution in [3.63, 3.8) is 0 Å². The number of carboxylic acid groups (broad SMARTS) is 1. The molecule has 2 heterocycles. The number of methoxy groups -OCH3 is 1. The molecule has 0 saturated carbocycles. The number of hydrogen-bond donors (Lipinski definition) is 1. The molecule has 1 aromatic carbocycles. The Labute approximate surface area is 180 Å². The van der Waals surface area contributed by atoms with Crippen molar-refractivity contribution in [2.45, 2.75) is 33.2 Å². The van der Waals surface area contributed by atoms with Crippen LogP contribution in [0.1, 0.15) is 43.6 Å². The average Bonchev–Trinajstić information content (AvgIpc) is 2.85. The van der Waals surface area contributed by atoms with E-state index in [1.54, 1.807) is 23.8 Å².